The van der Waals surface area contributed by atoms with E-state index in [0.717, 1.165) is 6.92 Å². The molecule has 0 amide bonds. The topological polar surface area (TPSA) is 109 Å². The molecule has 0 radical (unpaired) electrons. The highest BCUT2D eigenvalue weighted by Crippen LogP contribution is 2.00. The molecule has 0 spiro atoms. The second kappa shape index (κ2) is 5.32. The number of hydrogen-bond donors (Lipinski definition) is 2. The lowest BCUT2D eigenvalue weighted by Gasteiger charge is -2.03. The lowest BCUT2D eigenvalue weighted by atomic mass is 10.6. The first-order chi connectivity index (χ1) is 5.63. The van der Waals surface area contributed by atoms with Crippen LogP contribution in [0.5, 0.6) is 0 Å². The highest BCUT2D eigenvalue weighted by atomic mass is 32.2. The summed E-state index contributed by atoms with van der Waals surface area (Å²) >= 11 is 0. The van der Waals surface area contributed by atoms with E-state index in [9.17, 15) is 16.8 Å². The maximum Gasteiger partial charge on any atom is 0.268 e. The largest absolute Gasteiger partial charge is 0.286 e. The fourth-order valence-corrected chi connectivity index (χ4v) is 2.18. The van der Waals surface area contributed by atoms with Crippen LogP contribution in [0, 0.1) is 0 Å². The van der Waals surface area contributed by atoms with Crippen LogP contribution >= 0.6 is 0 Å². The minimum Gasteiger partial charge on any atom is -0.286 e. The van der Waals surface area contributed by atoms with Gasteiger partial charge in [0.15, 0.2) is 0 Å². The average molecular weight is 232 g/mol. The summed E-state index contributed by atoms with van der Waals surface area (Å²) in [7, 11) is -8.72. The van der Waals surface area contributed by atoms with Crippen molar-refractivity contribution >= 4 is 20.2 Å². The van der Waals surface area contributed by atoms with Crippen molar-refractivity contribution in [3.05, 3.63) is 13.2 Å². The summed E-state index contributed by atoms with van der Waals surface area (Å²) in [6.07, 6.45) is 0. The first-order valence-electron chi connectivity index (χ1n) is 3.04. The molecule has 0 aromatic rings. The zero-order valence-corrected chi connectivity index (χ0v) is 8.68. The molecule has 80 valence electrons. The normalized spacial score (nSPS) is 14.1. The van der Waals surface area contributed by atoms with Crippen molar-refractivity contribution in [1.29, 1.82) is 0 Å². The Morgan fingerprint density at radius 3 is 1.54 bits per heavy atom. The predicted molar refractivity (Wildman–Crippen MR) is 48.7 cm³/mol. The summed E-state index contributed by atoms with van der Waals surface area (Å²) < 4.78 is 56.9. The quantitative estimate of drug-likeness (QED) is 0.521. The van der Waals surface area contributed by atoms with Crippen LogP contribution < -0.4 is 0 Å². The van der Waals surface area contributed by atoms with Crippen LogP contribution in [0.4, 0.5) is 0 Å². The molecule has 0 fully saturated rings. The van der Waals surface area contributed by atoms with Crippen LogP contribution in [0.1, 0.15) is 6.92 Å². The molecule has 1 unspecified atom stereocenters. The third-order valence-electron chi connectivity index (χ3n) is 0.954. The highest BCUT2D eigenvalue weighted by Gasteiger charge is 2.22. The van der Waals surface area contributed by atoms with Crippen molar-refractivity contribution in [3.8, 4) is 0 Å². The molecule has 0 aliphatic heterocycles. The Kier molecular flexibility index (Phi) is 6.16. The van der Waals surface area contributed by atoms with Crippen molar-refractivity contribution in [2.24, 2.45) is 0 Å². The second-order valence-electron chi connectivity index (χ2n) is 2.07. The Hall–Kier alpha value is -0.440. The van der Waals surface area contributed by atoms with Gasteiger partial charge in [0, 0.05) is 0 Å². The predicted octanol–water partition coefficient (Wildman–Crippen LogP) is -0.0473. The lowest BCUT2D eigenvalue weighted by Crippen LogP contribution is -2.25. The summed E-state index contributed by atoms with van der Waals surface area (Å²) in [5, 5.41) is -1.50. The first-order valence-corrected chi connectivity index (χ1v) is 6.15. The SMILES string of the molecule is C=C.CC(CS(=O)(=O)O)S(=O)(=O)O. The van der Waals surface area contributed by atoms with Crippen molar-refractivity contribution in [2.75, 3.05) is 5.75 Å². The maximum absolute atomic E-state index is 10.2. The zero-order chi connectivity index (χ0) is 11.3. The Balaban J connectivity index is 0. The number of rotatable bonds is 3. The lowest BCUT2D eigenvalue weighted by molar-refractivity contribution is 0.460. The van der Waals surface area contributed by atoms with E-state index in [0.29, 0.717) is 0 Å². The summed E-state index contributed by atoms with van der Waals surface area (Å²) in [6.45, 7) is 6.98. The first kappa shape index (κ1) is 15.1. The molecule has 2 N–H and O–H groups in total. The molecule has 8 heteroatoms. The molecule has 0 aromatic heterocycles. The van der Waals surface area contributed by atoms with E-state index in [1.54, 1.807) is 0 Å². The third kappa shape index (κ3) is 9.47. The Labute approximate surface area is 77.8 Å². The van der Waals surface area contributed by atoms with E-state index in [4.69, 9.17) is 9.11 Å². The van der Waals surface area contributed by atoms with Crippen LogP contribution in [0.2, 0.25) is 0 Å². The van der Waals surface area contributed by atoms with E-state index in [2.05, 4.69) is 13.2 Å². The molecule has 1 atom stereocenters. The molecule has 0 saturated carbocycles. The van der Waals surface area contributed by atoms with E-state index in [1.807, 2.05) is 0 Å². The molecule has 0 aliphatic rings. The standard InChI is InChI=1S/C3H8O6S2.C2H4/c1-3(11(7,8)9)2-10(4,5)6;1-2/h3H,2H2,1H3,(H,4,5,6)(H,7,8,9);1-2H2. The summed E-state index contributed by atoms with van der Waals surface area (Å²) in [6, 6.07) is 0. The molecule has 0 heterocycles. The molecular formula is C5H12O6S2. The molecule has 0 saturated heterocycles. The van der Waals surface area contributed by atoms with Crippen molar-refractivity contribution in [1.82, 2.24) is 0 Å². The monoisotopic (exact) mass is 232 g/mol. The Morgan fingerprint density at radius 1 is 1.15 bits per heavy atom. The van der Waals surface area contributed by atoms with Gasteiger partial charge < -0.3 is 0 Å². The van der Waals surface area contributed by atoms with Crippen LogP contribution in [-0.4, -0.2) is 36.9 Å². The Bertz CT molecular complexity index is 326. The molecule has 0 rings (SSSR count). The van der Waals surface area contributed by atoms with E-state index < -0.39 is 31.2 Å². The minimum absolute atomic E-state index is 0.975. The van der Waals surface area contributed by atoms with Crippen molar-refractivity contribution < 1.29 is 25.9 Å². The van der Waals surface area contributed by atoms with Gasteiger partial charge in [-0.15, -0.1) is 13.2 Å². The molecule has 0 aliphatic carbocycles. The van der Waals surface area contributed by atoms with Gasteiger partial charge in [-0.2, -0.15) is 16.8 Å². The van der Waals surface area contributed by atoms with Gasteiger partial charge in [0.25, 0.3) is 20.2 Å². The average Bonchev–Trinajstić information content (AvgIpc) is 1.86. The zero-order valence-electron chi connectivity index (χ0n) is 7.04. The maximum atomic E-state index is 10.2. The van der Waals surface area contributed by atoms with Crippen LogP contribution in [0.3, 0.4) is 0 Å². The summed E-state index contributed by atoms with van der Waals surface area (Å²) in [5.41, 5.74) is 0. The van der Waals surface area contributed by atoms with Gasteiger partial charge in [0.05, 0.1) is 11.0 Å². The molecular weight excluding hydrogens is 220 g/mol. The van der Waals surface area contributed by atoms with Crippen molar-refractivity contribution in [3.63, 3.8) is 0 Å². The van der Waals surface area contributed by atoms with Crippen LogP contribution in [-0.2, 0) is 20.2 Å². The minimum atomic E-state index is -4.38. The van der Waals surface area contributed by atoms with Gasteiger partial charge in [-0.1, -0.05) is 0 Å². The Morgan fingerprint density at radius 2 is 1.46 bits per heavy atom. The van der Waals surface area contributed by atoms with Gasteiger partial charge in [-0.25, -0.2) is 0 Å². The number of hydrogen-bond acceptors (Lipinski definition) is 4. The van der Waals surface area contributed by atoms with E-state index in [-0.39, 0.29) is 0 Å². The van der Waals surface area contributed by atoms with Gasteiger partial charge in [0.1, 0.15) is 0 Å². The molecule has 13 heavy (non-hydrogen) atoms. The van der Waals surface area contributed by atoms with Crippen LogP contribution in [0.15, 0.2) is 13.2 Å². The van der Waals surface area contributed by atoms with Crippen LogP contribution in [0.25, 0.3) is 0 Å². The fourth-order valence-electron chi connectivity index (χ4n) is 0.383. The second-order valence-corrected chi connectivity index (χ2v) is 5.41. The van der Waals surface area contributed by atoms with Gasteiger partial charge in [0.2, 0.25) is 0 Å². The van der Waals surface area contributed by atoms with Gasteiger partial charge >= 0.3 is 0 Å². The summed E-state index contributed by atoms with van der Waals surface area (Å²) in [5.74, 6) is -0.994. The smallest absolute Gasteiger partial charge is 0.268 e. The van der Waals surface area contributed by atoms with E-state index in [1.165, 1.54) is 0 Å². The highest BCUT2D eigenvalue weighted by molar-refractivity contribution is 7.90. The van der Waals surface area contributed by atoms with Gasteiger partial charge in [-0.05, 0) is 6.92 Å². The molecule has 0 bridgehead atoms. The third-order valence-corrected chi connectivity index (χ3v) is 3.27. The summed E-state index contributed by atoms with van der Waals surface area (Å²) in [4.78, 5) is 0. The van der Waals surface area contributed by atoms with Crippen molar-refractivity contribution in [2.45, 2.75) is 12.2 Å². The van der Waals surface area contributed by atoms with E-state index >= 15 is 0 Å². The fraction of sp³-hybridized carbons (Fsp3) is 0.600. The van der Waals surface area contributed by atoms with Gasteiger partial charge in [-0.3, -0.25) is 9.11 Å². The molecule has 0 aromatic carbocycles. The molecule has 6 nitrogen and oxygen atoms in total.